The molecular formula is C21H24F2N2O2. The molecule has 4 nitrogen and oxygen atoms in total. The lowest BCUT2D eigenvalue weighted by Gasteiger charge is -2.21. The van der Waals surface area contributed by atoms with Crippen molar-refractivity contribution >= 4 is 17.3 Å². The van der Waals surface area contributed by atoms with E-state index in [2.05, 4.69) is 4.90 Å². The normalized spacial score (nSPS) is 13.8. The van der Waals surface area contributed by atoms with Crippen molar-refractivity contribution in [2.75, 3.05) is 36.5 Å². The van der Waals surface area contributed by atoms with Gasteiger partial charge in [-0.15, -0.1) is 0 Å². The Labute approximate surface area is 158 Å². The first-order valence-corrected chi connectivity index (χ1v) is 9.23. The smallest absolute Gasteiger partial charge is 0.303 e. The van der Waals surface area contributed by atoms with Gasteiger partial charge in [-0.25, -0.2) is 8.78 Å². The van der Waals surface area contributed by atoms with Crippen molar-refractivity contribution in [1.82, 2.24) is 0 Å². The molecule has 0 spiro atoms. The highest BCUT2D eigenvalue weighted by Crippen LogP contribution is 2.32. The average Bonchev–Trinajstić information content (AvgIpc) is 3.15. The number of rotatable bonds is 7. The minimum absolute atomic E-state index is 0.0328. The predicted octanol–water partition coefficient (Wildman–Crippen LogP) is 4.53. The summed E-state index contributed by atoms with van der Waals surface area (Å²) in [5, 5.41) is 8.70. The van der Waals surface area contributed by atoms with Crippen molar-refractivity contribution in [1.29, 1.82) is 0 Å². The zero-order valence-electron chi connectivity index (χ0n) is 15.4. The molecule has 0 bridgehead atoms. The summed E-state index contributed by atoms with van der Waals surface area (Å²) in [6, 6.07) is 10.4. The third kappa shape index (κ3) is 4.56. The fourth-order valence-corrected chi connectivity index (χ4v) is 3.53. The first-order valence-electron chi connectivity index (χ1n) is 9.23. The average molecular weight is 374 g/mol. The number of hydrogen-bond donors (Lipinski definition) is 1. The molecule has 0 unspecified atom stereocenters. The van der Waals surface area contributed by atoms with Crippen molar-refractivity contribution in [2.45, 2.75) is 25.7 Å². The minimum Gasteiger partial charge on any atom is -0.481 e. The Hall–Kier alpha value is -2.63. The van der Waals surface area contributed by atoms with E-state index in [-0.39, 0.29) is 18.7 Å². The molecule has 1 saturated heterocycles. The summed E-state index contributed by atoms with van der Waals surface area (Å²) in [6.07, 6.45) is 2.62. The number of carboxylic acid groups (broad SMARTS) is 1. The molecule has 2 aromatic rings. The van der Waals surface area contributed by atoms with E-state index >= 15 is 0 Å². The Morgan fingerprint density at radius 2 is 1.78 bits per heavy atom. The Morgan fingerprint density at radius 3 is 2.41 bits per heavy atom. The lowest BCUT2D eigenvalue weighted by molar-refractivity contribution is -0.137. The Morgan fingerprint density at radius 1 is 1.11 bits per heavy atom. The largest absolute Gasteiger partial charge is 0.481 e. The first-order chi connectivity index (χ1) is 13.0. The van der Waals surface area contributed by atoms with Gasteiger partial charge in [0.05, 0.1) is 0 Å². The summed E-state index contributed by atoms with van der Waals surface area (Å²) >= 11 is 0. The molecular weight excluding hydrogens is 350 g/mol. The molecule has 0 amide bonds. The van der Waals surface area contributed by atoms with Crippen LogP contribution in [0.1, 0.15) is 25.7 Å². The lowest BCUT2D eigenvalue weighted by atomic mass is 10.0. The van der Waals surface area contributed by atoms with Crippen LogP contribution in [0.4, 0.5) is 20.2 Å². The van der Waals surface area contributed by atoms with E-state index in [9.17, 15) is 13.6 Å². The molecule has 1 aliphatic rings. The molecule has 1 aliphatic heterocycles. The van der Waals surface area contributed by atoms with Crippen molar-refractivity contribution in [3.63, 3.8) is 0 Å². The third-order valence-corrected chi connectivity index (χ3v) is 4.93. The Kier molecular flexibility index (Phi) is 5.94. The molecule has 6 heteroatoms. The molecule has 0 saturated carbocycles. The number of anilines is 2. The summed E-state index contributed by atoms with van der Waals surface area (Å²) in [4.78, 5) is 14.3. The van der Waals surface area contributed by atoms with E-state index in [1.807, 2.05) is 24.3 Å². The number of carboxylic acids is 1. The van der Waals surface area contributed by atoms with Crippen molar-refractivity contribution in [2.24, 2.45) is 0 Å². The van der Waals surface area contributed by atoms with Crippen molar-refractivity contribution in [3.05, 3.63) is 48.0 Å². The van der Waals surface area contributed by atoms with E-state index in [0.717, 1.165) is 37.2 Å². The summed E-state index contributed by atoms with van der Waals surface area (Å²) in [7, 11) is 1.57. The van der Waals surface area contributed by atoms with Gasteiger partial charge in [0, 0.05) is 38.8 Å². The molecule has 2 aromatic carbocycles. The Balaban J connectivity index is 1.82. The van der Waals surface area contributed by atoms with Crippen molar-refractivity contribution in [3.8, 4) is 11.1 Å². The number of carbonyl (C=O) groups is 1. The van der Waals surface area contributed by atoms with Crippen LogP contribution in [0.25, 0.3) is 11.1 Å². The summed E-state index contributed by atoms with van der Waals surface area (Å²) in [5.74, 6) is -2.21. The number of aliphatic carboxylic acids is 1. The van der Waals surface area contributed by atoms with Crippen LogP contribution >= 0.6 is 0 Å². The van der Waals surface area contributed by atoms with Crippen LogP contribution in [0, 0.1) is 11.6 Å². The monoisotopic (exact) mass is 374 g/mol. The minimum atomic E-state index is -0.919. The van der Waals surface area contributed by atoms with Gasteiger partial charge < -0.3 is 14.9 Å². The number of halogens is 2. The van der Waals surface area contributed by atoms with Gasteiger partial charge in [-0.1, -0.05) is 12.1 Å². The predicted molar refractivity (Wildman–Crippen MR) is 103 cm³/mol. The second-order valence-electron chi connectivity index (χ2n) is 6.95. The molecule has 3 rings (SSSR count). The maximum atomic E-state index is 14.6. The molecule has 1 heterocycles. The molecule has 27 heavy (non-hydrogen) atoms. The summed E-state index contributed by atoms with van der Waals surface area (Å²) < 4.78 is 29.3. The molecule has 144 valence electrons. The molecule has 0 radical (unpaired) electrons. The van der Waals surface area contributed by atoms with Gasteiger partial charge in [0.1, 0.15) is 17.3 Å². The summed E-state index contributed by atoms with van der Waals surface area (Å²) in [6.45, 7) is 2.28. The maximum Gasteiger partial charge on any atom is 0.303 e. The van der Waals surface area contributed by atoms with Gasteiger partial charge in [-0.2, -0.15) is 0 Å². The number of hydrogen-bond acceptors (Lipinski definition) is 3. The third-order valence-electron chi connectivity index (χ3n) is 4.93. The quantitative estimate of drug-likeness (QED) is 0.773. The summed E-state index contributed by atoms with van der Waals surface area (Å²) in [5.41, 5.74) is 2.21. The zero-order chi connectivity index (χ0) is 19.4. The van der Waals surface area contributed by atoms with Crippen LogP contribution in [0.2, 0.25) is 0 Å². The highest BCUT2D eigenvalue weighted by molar-refractivity contribution is 5.71. The number of nitrogens with zero attached hydrogens (tertiary/aromatic N) is 2. The van der Waals surface area contributed by atoms with Gasteiger partial charge >= 0.3 is 5.97 Å². The molecule has 0 aromatic heterocycles. The van der Waals surface area contributed by atoms with Gasteiger partial charge in [-0.3, -0.25) is 4.79 Å². The SMILES string of the molecule is CN(CCCC(=O)O)c1c(F)cc(-c2cccc(N3CCCC3)c2)cc1F. The van der Waals surface area contributed by atoms with E-state index in [4.69, 9.17) is 5.11 Å². The second-order valence-corrected chi connectivity index (χ2v) is 6.95. The molecule has 0 aliphatic carbocycles. The fourth-order valence-electron chi connectivity index (χ4n) is 3.53. The van der Waals surface area contributed by atoms with Gasteiger partial charge in [0.15, 0.2) is 0 Å². The van der Waals surface area contributed by atoms with E-state index < -0.39 is 17.6 Å². The van der Waals surface area contributed by atoms with Gasteiger partial charge in [0.2, 0.25) is 0 Å². The van der Waals surface area contributed by atoms with Crippen molar-refractivity contribution < 1.29 is 18.7 Å². The van der Waals surface area contributed by atoms with Crippen LogP contribution in [-0.4, -0.2) is 37.8 Å². The molecule has 1 N–H and O–H groups in total. The highest BCUT2D eigenvalue weighted by atomic mass is 19.1. The molecule has 1 fully saturated rings. The molecule has 0 atom stereocenters. The Bertz CT molecular complexity index is 797. The standard InChI is InChI=1S/C21H24F2N2O2/c1-24(9-5-8-20(26)27)21-18(22)13-16(14-19(21)23)15-6-4-7-17(12-15)25-10-2-3-11-25/h4,6-7,12-14H,2-3,5,8-11H2,1H3,(H,26,27). The van der Waals surface area contributed by atoms with Crippen LogP contribution in [-0.2, 0) is 4.79 Å². The maximum absolute atomic E-state index is 14.6. The zero-order valence-corrected chi connectivity index (χ0v) is 15.4. The van der Waals surface area contributed by atoms with Crippen LogP contribution in [0.15, 0.2) is 36.4 Å². The van der Waals surface area contributed by atoms with Gasteiger partial charge in [0.25, 0.3) is 0 Å². The van der Waals surface area contributed by atoms with E-state index in [1.165, 1.54) is 17.0 Å². The van der Waals surface area contributed by atoms with E-state index in [0.29, 0.717) is 12.0 Å². The van der Waals surface area contributed by atoms with Crippen LogP contribution in [0.3, 0.4) is 0 Å². The fraction of sp³-hybridized carbons (Fsp3) is 0.381. The van der Waals surface area contributed by atoms with Gasteiger partial charge in [-0.05, 0) is 54.7 Å². The number of benzene rings is 2. The topological polar surface area (TPSA) is 43.8 Å². The lowest BCUT2D eigenvalue weighted by Crippen LogP contribution is -2.22. The second kappa shape index (κ2) is 8.37. The highest BCUT2D eigenvalue weighted by Gasteiger charge is 2.17. The van der Waals surface area contributed by atoms with Crippen LogP contribution in [0.5, 0.6) is 0 Å². The van der Waals surface area contributed by atoms with Crippen LogP contribution < -0.4 is 9.80 Å². The first kappa shape index (κ1) is 19.1. The van der Waals surface area contributed by atoms with E-state index in [1.54, 1.807) is 7.05 Å².